The van der Waals surface area contributed by atoms with Gasteiger partial charge in [-0.05, 0) is 43.9 Å². The Morgan fingerprint density at radius 2 is 1.74 bits per heavy atom. The maximum absolute atomic E-state index is 5.32. The van der Waals surface area contributed by atoms with Crippen LogP contribution in [0, 0.1) is 0 Å². The molecule has 1 aromatic rings. The molecule has 0 unspecified atom stereocenters. The molecule has 0 fully saturated rings. The maximum atomic E-state index is 5.32. The van der Waals surface area contributed by atoms with Gasteiger partial charge in [0.2, 0.25) is 0 Å². The molecule has 0 aromatic heterocycles. The summed E-state index contributed by atoms with van der Waals surface area (Å²) >= 11 is 0. The third-order valence-electron chi connectivity index (χ3n) is 3.57. The highest BCUT2D eigenvalue weighted by molar-refractivity contribution is 5.79. The van der Waals surface area contributed by atoms with Crippen LogP contribution in [-0.2, 0) is 11.2 Å². The molecule has 0 saturated heterocycles. The molecule has 0 spiro atoms. The summed E-state index contributed by atoms with van der Waals surface area (Å²) < 4.78 is 5.32. The van der Waals surface area contributed by atoms with E-state index in [9.17, 15) is 0 Å². The van der Waals surface area contributed by atoms with Crippen LogP contribution in [0.2, 0.25) is 0 Å². The molecular formula is C18H32N4O. The Bertz CT molecular complexity index is 443. The van der Waals surface area contributed by atoms with Gasteiger partial charge in [-0.25, -0.2) is 0 Å². The van der Waals surface area contributed by atoms with E-state index < -0.39 is 0 Å². The molecule has 1 rings (SSSR count). The van der Waals surface area contributed by atoms with Crippen molar-refractivity contribution in [2.75, 3.05) is 52.3 Å². The summed E-state index contributed by atoms with van der Waals surface area (Å²) in [4.78, 5) is 6.35. The van der Waals surface area contributed by atoms with Crippen LogP contribution in [0.1, 0.15) is 25.3 Å². The van der Waals surface area contributed by atoms with Crippen LogP contribution >= 0.6 is 0 Å². The van der Waals surface area contributed by atoms with E-state index >= 15 is 0 Å². The lowest BCUT2D eigenvalue weighted by Gasteiger charge is -2.13. The van der Waals surface area contributed by atoms with Gasteiger partial charge in [-0.3, -0.25) is 4.99 Å². The number of aliphatic imine (C=N–C) groups is 1. The summed E-state index contributed by atoms with van der Waals surface area (Å²) in [6.45, 7) is 5.39. The van der Waals surface area contributed by atoms with Crippen molar-refractivity contribution in [2.45, 2.75) is 26.2 Å². The highest BCUT2D eigenvalue weighted by atomic mass is 16.5. The zero-order valence-corrected chi connectivity index (χ0v) is 15.1. The minimum atomic E-state index is 0.780. The van der Waals surface area contributed by atoms with Crippen molar-refractivity contribution in [3.8, 4) is 0 Å². The van der Waals surface area contributed by atoms with E-state index in [0.717, 1.165) is 51.5 Å². The average molecular weight is 320 g/mol. The van der Waals surface area contributed by atoms with Crippen LogP contribution in [0.25, 0.3) is 0 Å². The monoisotopic (exact) mass is 320 g/mol. The number of anilines is 1. The average Bonchev–Trinajstić information content (AvgIpc) is 2.57. The fraction of sp³-hybridized carbons (Fsp3) is 0.611. The van der Waals surface area contributed by atoms with Gasteiger partial charge in [-0.15, -0.1) is 0 Å². The number of rotatable bonds is 10. The third kappa shape index (κ3) is 8.45. The Labute approximate surface area is 141 Å². The highest BCUT2D eigenvalue weighted by Crippen LogP contribution is 2.13. The fourth-order valence-corrected chi connectivity index (χ4v) is 2.21. The normalized spacial score (nSPS) is 11.4. The number of benzene rings is 1. The molecule has 2 N–H and O–H groups in total. The molecule has 130 valence electrons. The van der Waals surface area contributed by atoms with Gasteiger partial charge in [0.1, 0.15) is 0 Å². The number of aryl methyl sites for hydroxylation is 1. The van der Waals surface area contributed by atoms with Crippen LogP contribution in [0.4, 0.5) is 5.69 Å². The minimum Gasteiger partial charge on any atom is -0.382 e. The lowest BCUT2D eigenvalue weighted by atomic mass is 10.1. The highest BCUT2D eigenvalue weighted by Gasteiger charge is 1.99. The van der Waals surface area contributed by atoms with Gasteiger partial charge in [-0.2, -0.15) is 0 Å². The number of guanidine groups is 1. The Morgan fingerprint density at radius 1 is 1.09 bits per heavy atom. The van der Waals surface area contributed by atoms with E-state index in [4.69, 9.17) is 4.74 Å². The number of hydrogen-bond donors (Lipinski definition) is 2. The van der Waals surface area contributed by atoms with Crippen molar-refractivity contribution in [3.05, 3.63) is 29.8 Å². The summed E-state index contributed by atoms with van der Waals surface area (Å²) in [6.07, 6.45) is 3.15. The van der Waals surface area contributed by atoms with E-state index in [1.807, 2.05) is 6.92 Å². The van der Waals surface area contributed by atoms with Crippen molar-refractivity contribution >= 4 is 11.6 Å². The summed E-state index contributed by atoms with van der Waals surface area (Å²) in [5.41, 5.74) is 2.61. The molecule has 0 atom stereocenters. The molecule has 1 aromatic carbocycles. The molecule has 23 heavy (non-hydrogen) atoms. The lowest BCUT2D eigenvalue weighted by molar-refractivity contribution is 0.145. The van der Waals surface area contributed by atoms with Crippen LogP contribution in [-0.4, -0.2) is 53.4 Å². The Hall–Kier alpha value is -1.75. The lowest BCUT2D eigenvalue weighted by Crippen LogP contribution is -2.38. The molecule has 5 nitrogen and oxygen atoms in total. The Kier molecular flexibility index (Phi) is 9.87. The molecular weight excluding hydrogens is 288 g/mol. The largest absolute Gasteiger partial charge is 0.382 e. The van der Waals surface area contributed by atoms with Crippen LogP contribution in [0.5, 0.6) is 0 Å². The van der Waals surface area contributed by atoms with Gasteiger partial charge in [-0.1, -0.05) is 12.1 Å². The van der Waals surface area contributed by atoms with Crippen molar-refractivity contribution < 1.29 is 4.74 Å². The van der Waals surface area contributed by atoms with Crippen molar-refractivity contribution in [1.29, 1.82) is 0 Å². The van der Waals surface area contributed by atoms with Crippen LogP contribution < -0.4 is 15.5 Å². The predicted octanol–water partition coefficient (Wildman–Crippen LogP) is 2.28. The second-order valence-electron chi connectivity index (χ2n) is 5.64. The number of ether oxygens (including phenoxy) is 1. The smallest absolute Gasteiger partial charge is 0.190 e. The van der Waals surface area contributed by atoms with E-state index in [-0.39, 0.29) is 0 Å². The fourth-order valence-electron chi connectivity index (χ4n) is 2.21. The van der Waals surface area contributed by atoms with E-state index in [1.54, 1.807) is 7.05 Å². The van der Waals surface area contributed by atoms with Gasteiger partial charge in [0, 0.05) is 53.1 Å². The number of hydrogen-bond acceptors (Lipinski definition) is 3. The molecule has 0 heterocycles. The summed E-state index contributed by atoms with van der Waals surface area (Å²) in [7, 11) is 5.93. The standard InChI is InChI=1S/C18H32N4O/c1-5-23-15-7-14-21-18(19-2)20-13-6-8-16-9-11-17(12-10-16)22(3)4/h9-12H,5-8,13-15H2,1-4H3,(H2,19,20,21). The quantitative estimate of drug-likeness (QED) is 0.394. The number of nitrogens with one attached hydrogen (secondary N) is 2. The first-order valence-corrected chi connectivity index (χ1v) is 8.46. The second-order valence-corrected chi connectivity index (χ2v) is 5.64. The van der Waals surface area contributed by atoms with Crippen molar-refractivity contribution in [3.63, 3.8) is 0 Å². The molecule has 0 aliphatic heterocycles. The van der Waals surface area contributed by atoms with E-state index in [2.05, 4.69) is 58.9 Å². The first kappa shape index (κ1) is 19.3. The third-order valence-corrected chi connectivity index (χ3v) is 3.57. The van der Waals surface area contributed by atoms with Gasteiger partial charge in [0.15, 0.2) is 5.96 Å². The van der Waals surface area contributed by atoms with Gasteiger partial charge in [0.25, 0.3) is 0 Å². The Balaban J connectivity index is 2.17. The predicted molar refractivity (Wildman–Crippen MR) is 99.6 cm³/mol. The van der Waals surface area contributed by atoms with E-state index in [1.165, 1.54) is 11.3 Å². The topological polar surface area (TPSA) is 48.9 Å². The van der Waals surface area contributed by atoms with Crippen LogP contribution in [0.3, 0.4) is 0 Å². The van der Waals surface area contributed by atoms with Gasteiger partial charge < -0.3 is 20.3 Å². The Morgan fingerprint density at radius 3 is 2.30 bits per heavy atom. The molecule has 0 amide bonds. The molecule has 0 aliphatic carbocycles. The molecule has 0 aliphatic rings. The van der Waals surface area contributed by atoms with Gasteiger partial charge in [0.05, 0.1) is 0 Å². The molecule has 0 bridgehead atoms. The van der Waals surface area contributed by atoms with Crippen LogP contribution in [0.15, 0.2) is 29.3 Å². The van der Waals surface area contributed by atoms with Crippen molar-refractivity contribution in [1.82, 2.24) is 10.6 Å². The first-order valence-electron chi connectivity index (χ1n) is 8.46. The zero-order valence-electron chi connectivity index (χ0n) is 15.1. The number of nitrogens with zero attached hydrogens (tertiary/aromatic N) is 2. The SMILES string of the molecule is CCOCCCNC(=NC)NCCCc1ccc(N(C)C)cc1. The maximum Gasteiger partial charge on any atom is 0.190 e. The summed E-state index contributed by atoms with van der Waals surface area (Å²) in [6, 6.07) is 8.75. The summed E-state index contributed by atoms with van der Waals surface area (Å²) in [5, 5.41) is 6.65. The summed E-state index contributed by atoms with van der Waals surface area (Å²) in [5.74, 6) is 0.865. The minimum absolute atomic E-state index is 0.780. The molecule has 0 radical (unpaired) electrons. The molecule has 0 saturated carbocycles. The first-order chi connectivity index (χ1) is 11.2. The second kappa shape index (κ2) is 11.8. The zero-order chi connectivity index (χ0) is 16.9. The van der Waals surface area contributed by atoms with Gasteiger partial charge >= 0.3 is 0 Å². The van der Waals surface area contributed by atoms with Crippen molar-refractivity contribution in [2.24, 2.45) is 4.99 Å². The molecule has 5 heteroatoms. The van der Waals surface area contributed by atoms with E-state index in [0.29, 0.717) is 0 Å².